The summed E-state index contributed by atoms with van der Waals surface area (Å²) in [6.07, 6.45) is 3.63. The van der Waals surface area contributed by atoms with Crippen LogP contribution < -0.4 is 4.90 Å². The van der Waals surface area contributed by atoms with Crippen molar-refractivity contribution < 1.29 is 23.9 Å². The van der Waals surface area contributed by atoms with Gasteiger partial charge in [-0.25, -0.2) is 14.6 Å². The van der Waals surface area contributed by atoms with E-state index in [9.17, 15) is 14.4 Å². The second-order valence-corrected chi connectivity index (χ2v) is 10.8. The van der Waals surface area contributed by atoms with E-state index in [0.29, 0.717) is 51.3 Å². The van der Waals surface area contributed by atoms with Gasteiger partial charge in [0, 0.05) is 50.9 Å². The van der Waals surface area contributed by atoms with Gasteiger partial charge in [0.15, 0.2) is 5.60 Å². The van der Waals surface area contributed by atoms with Gasteiger partial charge in [-0.05, 0) is 44.4 Å². The lowest BCUT2D eigenvalue weighted by Gasteiger charge is -2.35. The zero-order valence-corrected chi connectivity index (χ0v) is 21.3. The molecule has 2 saturated heterocycles. The first-order chi connectivity index (χ1) is 17.8. The molecule has 194 valence electrons. The predicted octanol–water partition coefficient (Wildman–Crippen LogP) is 3.08. The molecular formula is C28H32N4O5. The van der Waals surface area contributed by atoms with E-state index in [1.54, 1.807) is 11.0 Å². The fraction of sp³-hybridized carbons (Fsp3) is 0.500. The summed E-state index contributed by atoms with van der Waals surface area (Å²) in [5.41, 5.74) is 1.16. The summed E-state index contributed by atoms with van der Waals surface area (Å²) >= 11 is 0. The topological polar surface area (TPSA) is 92.3 Å². The van der Waals surface area contributed by atoms with Gasteiger partial charge in [-0.2, -0.15) is 0 Å². The molecule has 3 fully saturated rings. The second-order valence-electron chi connectivity index (χ2n) is 10.8. The lowest BCUT2D eigenvalue weighted by Crippen LogP contribution is -2.49. The summed E-state index contributed by atoms with van der Waals surface area (Å²) in [6, 6.07) is 11.5. The zero-order chi connectivity index (χ0) is 25.8. The minimum atomic E-state index is -0.731. The molecule has 4 heterocycles. The van der Waals surface area contributed by atoms with Crippen LogP contribution in [0.3, 0.4) is 0 Å². The van der Waals surface area contributed by atoms with Crippen molar-refractivity contribution >= 4 is 23.8 Å². The number of carbonyl (C=O) groups excluding carboxylic acids is 3. The molecule has 9 nitrogen and oxygen atoms in total. The Kier molecular flexibility index (Phi) is 5.62. The molecule has 1 aliphatic carbocycles. The summed E-state index contributed by atoms with van der Waals surface area (Å²) < 4.78 is 11.1. The third-order valence-electron chi connectivity index (χ3n) is 8.10. The highest BCUT2D eigenvalue weighted by Gasteiger charge is 2.57. The Balaban J connectivity index is 1.11. The molecule has 1 spiro atoms. The van der Waals surface area contributed by atoms with E-state index in [1.165, 1.54) is 0 Å². The number of esters is 1. The first-order valence-electron chi connectivity index (χ1n) is 13.1. The maximum Gasteiger partial charge on any atom is 0.410 e. The zero-order valence-electron chi connectivity index (χ0n) is 21.3. The lowest BCUT2D eigenvalue weighted by molar-refractivity contribution is -0.134. The minimum absolute atomic E-state index is 0.0941. The Labute approximate surface area is 216 Å². The van der Waals surface area contributed by atoms with Crippen LogP contribution in [0.15, 0.2) is 42.6 Å². The Morgan fingerprint density at radius 3 is 2.41 bits per heavy atom. The Morgan fingerprint density at radius 1 is 0.973 bits per heavy atom. The molecule has 1 atom stereocenters. The molecule has 0 bridgehead atoms. The molecule has 9 heteroatoms. The van der Waals surface area contributed by atoms with Crippen molar-refractivity contribution in [3.63, 3.8) is 0 Å². The molecule has 2 aromatic rings. The van der Waals surface area contributed by atoms with Crippen LogP contribution in [0.25, 0.3) is 0 Å². The average Bonchev–Trinajstić information content (AvgIpc) is 3.54. The number of hydrogen-bond acceptors (Lipinski definition) is 7. The molecule has 4 aliphatic rings. The van der Waals surface area contributed by atoms with E-state index < -0.39 is 11.0 Å². The summed E-state index contributed by atoms with van der Waals surface area (Å²) in [5.74, 6) is 0.638. The summed E-state index contributed by atoms with van der Waals surface area (Å²) in [4.78, 5) is 48.8. The maximum atomic E-state index is 13.7. The first-order valence-corrected chi connectivity index (χ1v) is 13.1. The Bertz CT molecular complexity index is 1230. The lowest BCUT2D eigenvalue weighted by atomic mass is 9.91. The smallest absolute Gasteiger partial charge is 0.410 e. The minimum Gasteiger partial charge on any atom is -0.449 e. The molecule has 1 unspecified atom stereocenters. The molecule has 3 aliphatic heterocycles. The average molecular weight is 505 g/mol. The molecule has 2 amide bonds. The van der Waals surface area contributed by atoms with Gasteiger partial charge in [-0.3, -0.25) is 4.79 Å². The SMILES string of the molecule is CC(C)OC(=O)N1CCN(c2ccc(C3(C(=O)N4CCC5(C4)OC(=O)c4ccccc45)CC3)cn2)CC1. The van der Waals surface area contributed by atoms with Crippen molar-refractivity contribution in [3.8, 4) is 0 Å². The van der Waals surface area contributed by atoms with E-state index in [1.807, 2.05) is 55.3 Å². The van der Waals surface area contributed by atoms with Crippen molar-refractivity contribution in [2.75, 3.05) is 44.2 Å². The number of likely N-dealkylation sites (tertiary alicyclic amines) is 1. The van der Waals surface area contributed by atoms with E-state index in [0.717, 1.165) is 29.8 Å². The van der Waals surface area contributed by atoms with E-state index in [-0.39, 0.29) is 24.1 Å². The highest BCUT2D eigenvalue weighted by molar-refractivity contribution is 5.96. The number of aromatic nitrogens is 1. The Morgan fingerprint density at radius 2 is 1.73 bits per heavy atom. The molecular weight excluding hydrogens is 472 g/mol. The molecule has 0 radical (unpaired) electrons. The number of benzene rings is 1. The van der Waals surface area contributed by atoms with Crippen LogP contribution in [0.2, 0.25) is 0 Å². The predicted molar refractivity (Wildman–Crippen MR) is 135 cm³/mol. The Hall–Kier alpha value is -3.62. The van der Waals surface area contributed by atoms with Crippen molar-refractivity contribution in [3.05, 3.63) is 59.3 Å². The van der Waals surface area contributed by atoms with E-state index >= 15 is 0 Å². The highest BCUT2D eigenvalue weighted by atomic mass is 16.6. The molecule has 1 aromatic heterocycles. The third kappa shape index (κ3) is 4.01. The van der Waals surface area contributed by atoms with Crippen molar-refractivity contribution in [1.29, 1.82) is 0 Å². The van der Waals surface area contributed by atoms with Crippen LogP contribution in [-0.2, 0) is 25.3 Å². The number of piperazine rings is 1. The normalized spacial score (nSPS) is 23.9. The van der Waals surface area contributed by atoms with Crippen molar-refractivity contribution in [1.82, 2.24) is 14.8 Å². The van der Waals surface area contributed by atoms with Crippen molar-refractivity contribution in [2.45, 2.75) is 50.2 Å². The largest absolute Gasteiger partial charge is 0.449 e. The number of carbonyl (C=O) groups is 3. The number of rotatable bonds is 4. The maximum absolute atomic E-state index is 13.7. The van der Waals surface area contributed by atoms with Gasteiger partial charge in [0.2, 0.25) is 5.91 Å². The fourth-order valence-corrected chi connectivity index (χ4v) is 5.91. The molecule has 1 aromatic carbocycles. The van der Waals surface area contributed by atoms with Crippen LogP contribution in [0, 0.1) is 0 Å². The van der Waals surface area contributed by atoms with Gasteiger partial charge in [-0.1, -0.05) is 24.3 Å². The number of pyridine rings is 1. The number of ether oxygens (including phenoxy) is 2. The molecule has 0 N–H and O–H groups in total. The monoisotopic (exact) mass is 504 g/mol. The molecule has 1 saturated carbocycles. The fourth-order valence-electron chi connectivity index (χ4n) is 5.91. The number of anilines is 1. The van der Waals surface area contributed by atoms with Gasteiger partial charge in [0.25, 0.3) is 0 Å². The van der Waals surface area contributed by atoms with Gasteiger partial charge < -0.3 is 24.2 Å². The van der Waals surface area contributed by atoms with Crippen LogP contribution >= 0.6 is 0 Å². The number of amides is 2. The molecule has 37 heavy (non-hydrogen) atoms. The first kappa shape index (κ1) is 23.8. The number of hydrogen-bond donors (Lipinski definition) is 0. The third-order valence-corrected chi connectivity index (χ3v) is 8.10. The highest BCUT2D eigenvalue weighted by Crippen LogP contribution is 2.52. The summed E-state index contributed by atoms with van der Waals surface area (Å²) in [6.45, 7) is 7.19. The second kappa shape index (κ2) is 8.75. The van der Waals surface area contributed by atoms with Crippen molar-refractivity contribution in [2.24, 2.45) is 0 Å². The standard InChI is InChI=1S/C28H32N4O5/c1-19(2)36-26(35)31-15-13-30(14-16-31)23-8-7-20(17-29-23)27(9-10-27)25(34)32-12-11-28(18-32)22-6-4-3-5-21(22)24(33)37-28/h3-8,17,19H,9-16,18H2,1-2H3. The van der Waals surface area contributed by atoms with Crippen LogP contribution in [0.4, 0.5) is 10.6 Å². The van der Waals surface area contributed by atoms with E-state index in [2.05, 4.69) is 4.90 Å². The number of fused-ring (bicyclic) bond motifs is 2. The summed E-state index contributed by atoms with van der Waals surface area (Å²) in [5, 5.41) is 0. The van der Waals surface area contributed by atoms with Gasteiger partial charge in [-0.15, -0.1) is 0 Å². The van der Waals surface area contributed by atoms with Crippen LogP contribution in [0.1, 0.15) is 54.6 Å². The van der Waals surface area contributed by atoms with Gasteiger partial charge >= 0.3 is 12.1 Å². The van der Waals surface area contributed by atoms with Crippen LogP contribution in [0.5, 0.6) is 0 Å². The quantitative estimate of drug-likeness (QED) is 0.591. The van der Waals surface area contributed by atoms with Crippen LogP contribution in [-0.4, -0.2) is 78.1 Å². The number of nitrogens with zero attached hydrogens (tertiary/aromatic N) is 4. The van der Waals surface area contributed by atoms with Gasteiger partial charge in [0.05, 0.1) is 23.6 Å². The summed E-state index contributed by atoms with van der Waals surface area (Å²) in [7, 11) is 0. The molecule has 6 rings (SSSR count). The van der Waals surface area contributed by atoms with Gasteiger partial charge in [0.1, 0.15) is 5.82 Å². The van der Waals surface area contributed by atoms with E-state index in [4.69, 9.17) is 14.5 Å².